The van der Waals surface area contributed by atoms with E-state index in [1.807, 2.05) is 6.92 Å². The summed E-state index contributed by atoms with van der Waals surface area (Å²) in [6, 6.07) is 0. The van der Waals surface area contributed by atoms with Crippen LogP contribution in [0.1, 0.15) is 129 Å². The van der Waals surface area contributed by atoms with Crippen molar-refractivity contribution in [2.24, 2.45) is 16.2 Å². The Labute approximate surface area is 224 Å². The van der Waals surface area contributed by atoms with E-state index < -0.39 is 38.6 Å². The highest BCUT2D eigenvalue weighted by atomic mass is 127. The molecule has 1 unspecified atom stereocenters. The zero-order valence-corrected chi connectivity index (χ0v) is 23.7. The van der Waals surface area contributed by atoms with E-state index >= 15 is 0 Å². The summed E-state index contributed by atoms with van der Waals surface area (Å²) in [5, 5.41) is 37.0. The van der Waals surface area contributed by atoms with E-state index in [1.54, 1.807) is 0 Å². The van der Waals surface area contributed by atoms with E-state index in [0.717, 1.165) is 103 Å². The number of halogens is 1. The lowest BCUT2D eigenvalue weighted by Gasteiger charge is -2.76. The van der Waals surface area contributed by atoms with Gasteiger partial charge in [-0.1, -0.05) is 68.0 Å². The van der Waals surface area contributed by atoms with Crippen molar-refractivity contribution in [1.82, 2.24) is 0 Å². The molecule has 7 rings (SSSR count). The predicted molar refractivity (Wildman–Crippen MR) is 142 cm³/mol. The second-order valence-electron chi connectivity index (χ2n) is 14.1. The monoisotopic (exact) mass is 600 g/mol. The van der Waals surface area contributed by atoms with Crippen LogP contribution in [-0.2, 0) is 9.53 Å². The van der Waals surface area contributed by atoms with Crippen molar-refractivity contribution in [3.63, 3.8) is 0 Å². The van der Waals surface area contributed by atoms with E-state index in [4.69, 9.17) is 4.74 Å². The van der Waals surface area contributed by atoms with E-state index in [1.165, 1.54) is 0 Å². The highest BCUT2D eigenvalue weighted by Gasteiger charge is 2.79. The quantitative estimate of drug-likeness (QED) is 0.206. The molecular weight excluding hydrogens is 555 g/mol. The van der Waals surface area contributed by atoms with Crippen molar-refractivity contribution < 1.29 is 24.9 Å². The van der Waals surface area contributed by atoms with Gasteiger partial charge in [0.1, 0.15) is 9.53 Å². The van der Waals surface area contributed by atoms with Gasteiger partial charge in [-0.25, -0.2) is 0 Å². The lowest BCUT2D eigenvalue weighted by atomic mass is 9.31. The maximum atomic E-state index is 13.4. The fourth-order valence-corrected chi connectivity index (χ4v) is 11.2. The van der Waals surface area contributed by atoms with Crippen LogP contribution in [0, 0.1) is 16.2 Å². The molecule has 7 fully saturated rings. The number of hydrogen-bond donors (Lipinski definition) is 3. The van der Waals surface area contributed by atoms with Gasteiger partial charge in [0.15, 0.2) is 0 Å². The van der Waals surface area contributed by atoms with Crippen molar-refractivity contribution in [2.45, 2.75) is 155 Å². The third-order valence-electron chi connectivity index (χ3n) is 12.2. The molecule has 35 heavy (non-hydrogen) atoms. The van der Waals surface area contributed by atoms with Gasteiger partial charge >= 0.3 is 5.97 Å². The number of rotatable bonds is 6. The Balaban J connectivity index is 1.53. The van der Waals surface area contributed by atoms with E-state index in [9.17, 15) is 20.1 Å². The maximum Gasteiger partial charge on any atom is 0.319 e. The molecule has 0 saturated heterocycles. The number of ether oxygens (including phenoxy) is 1. The Bertz CT molecular complexity index is 765. The zero-order chi connectivity index (χ0) is 24.8. The van der Waals surface area contributed by atoms with Crippen molar-refractivity contribution in [3.05, 3.63) is 0 Å². The Morgan fingerprint density at radius 1 is 0.686 bits per heavy atom. The minimum absolute atomic E-state index is 0.147. The number of carbonyl (C=O) groups is 1. The minimum atomic E-state index is -0.791. The molecule has 7 aliphatic carbocycles. The predicted octanol–water partition coefficient (Wildman–Crippen LogP) is 5.74. The zero-order valence-electron chi connectivity index (χ0n) is 21.5. The molecule has 1 atom stereocenters. The van der Waals surface area contributed by atoms with Crippen LogP contribution < -0.4 is 0 Å². The maximum absolute atomic E-state index is 13.4. The normalized spacial score (nSPS) is 45.6. The molecule has 3 N–H and O–H groups in total. The topological polar surface area (TPSA) is 87.0 Å². The summed E-state index contributed by atoms with van der Waals surface area (Å²) in [6.07, 6.45) is 16.3. The average molecular weight is 601 g/mol. The van der Waals surface area contributed by atoms with Crippen molar-refractivity contribution in [1.29, 1.82) is 0 Å². The van der Waals surface area contributed by atoms with Gasteiger partial charge < -0.3 is 20.1 Å². The van der Waals surface area contributed by atoms with E-state index in [2.05, 4.69) is 22.6 Å². The minimum Gasteiger partial charge on any atom is -0.458 e. The van der Waals surface area contributed by atoms with Gasteiger partial charge in [-0.3, -0.25) is 4.79 Å². The van der Waals surface area contributed by atoms with Gasteiger partial charge in [0, 0.05) is 16.2 Å². The second-order valence-corrected chi connectivity index (χ2v) is 15.6. The molecule has 0 amide bonds. The Hall–Kier alpha value is 0.0800. The summed E-state index contributed by atoms with van der Waals surface area (Å²) in [7, 11) is 0. The van der Waals surface area contributed by atoms with Gasteiger partial charge in [-0.15, -0.1) is 0 Å². The highest BCUT2D eigenvalue weighted by molar-refractivity contribution is 14.1. The van der Waals surface area contributed by atoms with Crippen LogP contribution in [-0.4, -0.2) is 47.6 Å². The van der Waals surface area contributed by atoms with Crippen LogP contribution in [0.4, 0.5) is 0 Å². The first-order valence-corrected chi connectivity index (χ1v) is 15.8. The van der Waals surface area contributed by atoms with Crippen molar-refractivity contribution >= 4 is 28.6 Å². The molecule has 7 saturated carbocycles. The first kappa shape index (κ1) is 25.4. The largest absolute Gasteiger partial charge is 0.458 e. The molecular formula is C29H45IO5. The smallest absolute Gasteiger partial charge is 0.319 e. The molecule has 5 nitrogen and oxygen atoms in total. The lowest BCUT2D eigenvalue weighted by molar-refractivity contribution is -0.341. The summed E-state index contributed by atoms with van der Waals surface area (Å²) >= 11 is 2.20. The number of alkyl halides is 1. The van der Waals surface area contributed by atoms with Crippen molar-refractivity contribution in [3.8, 4) is 0 Å². The van der Waals surface area contributed by atoms with Crippen LogP contribution in [0.15, 0.2) is 0 Å². The average Bonchev–Trinajstić information content (AvgIpc) is 3.55. The SMILES string of the molecule is CCC(I)C(=O)OC12CC3(C4(O)CCCC4)CC(C4(O)CCCC4)(C1)CC(C1(O)CCCC1)(C2)C3. The molecule has 7 aliphatic rings. The molecule has 198 valence electrons. The summed E-state index contributed by atoms with van der Waals surface area (Å²) in [5.41, 5.74) is -4.27. The first-order chi connectivity index (χ1) is 16.5. The number of aliphatic hydroxyl groups is 3. The summed E-state index contributed by atoms with van der Waals surface area (Å²) < 4.78 is 6.42. The fraction of sp³-hybridized carbons (Fsp3) is 0.966. The second kappa shape index (κ2) is 8.05. The molecule has 0 aromatic rings. The van der Waals surface area contributed by atoms with Gasteiger partial charge in [0.2, 0.25) is 0 Å². The number of hydrogen-bond acceptors (Lipinski definition) is 5. The summed E-state index contributed by atoms with van der Waals surface area (Å²) in [4.78, 5) is 13.4. The first-order valence-electron chi connectivity index (χ1n) is 14.5. The summed E-state index contributed by atoms with van der Waals surface area (Å²) in [5.74, 6) is -0.147. The number of carbonyl (C=O) groups excluding carboxylic acids is 1. The standard InChI is InChI=1S/C29H45IO5/c1-2-21(30)22(31)35-26-18-23(27(32)9-3-4-10-27)15-24(19-26,28(33)11-5-6-12-28)17-25(16-23,20-26)29(34)13-7-8-14-29/h21,32-34H,2-20H2,1H3. The van der Waals surface area contributed by atoms with Gasteiger partial charge in [-0.05, 0) is 83.5 Å². The Morgan fingerprint density at radius 2 is 1.00 bits per heavy atom. The van der Waals surface area contributed by atoms with Gasteiger partial charge in [0.25, 0.3) is 0 Å². The number of esters is 1. The molecule has 0 aromatic carbocycles. The van der Waals surface area contributed by atoms with Crippen LogP contribution in [0.25, 0.3) is 0 Å². The van der Waals surface area contributed by atoms with E-state index in [-0.39, 0.29) is 9.89 Å². The van der Waals surface area contributed by atoms with Crippen LogP contribution in [0.3, 0.4) is 0 Å². The van der Waals surface area contributed by atoms with E-state index in [0.29, 0.717) is 19.3 Å². The van der Waals surface area contributed by atoms with Crippen LogP contribution in [0.2, 0.25) is 0 Å². The molecule has 0 spiro atoms. The molecule has 0 aliphatic heterocycles. The molecule has 0 heterocycles. The highest BCUT2D eigenvalue weighted by Crippen LogP contribution is 2.80. The molecule has 6 heteroatoms. The third-order valence-corrected chi connectivity index (χ3v) is 13.6. The van der Waals surface area contributed by atoms with Crippen molar-refractivity contribution in [2.75, 3.05) is 0 Å². The summed E-state index contributed by atoms with van der Waals surface area (Å²) in [6.45, 7) is 2.02. The Kier molecular flexibility index (Phi) is 5.83. The lowest BCUT2D eigenvalue weighted by Crippen LogP contribution is -2.76. The molecule has 0 aromatic heterocycles. The van der Waals surface area contributed by atoms with Gasteiger partial charge in [-0.2, -0.15) is 0 Å². The van der Waals surface area contributed by atoms with Gasteiger partial charge in [0.05, 0.1) is 16.8 Å². The Morgan fingerprint density at radius 3 is 1.29 bits per heavy atom. The molecule has 0 radical (unpaired) electrons. The van der Waals surface area contributed by atoms with Crippen LogP contribution in [0.5, 0.6) is 0 Å². The van der Waals surface area contributed by atoms with Crippen LogP contribution >= 0.6 is 22.6 Å². The fourth-order valence-electron chi connectivity index (χ4n) is 11.0. The molecule has 4 bridgehead atoms. The third kappa shape index (κ3) is 3.43.